The lowest BCUT2D eigenvalue weighted by Gasteiger charge is -2.50. The first-order chi connectivity index (χ1) is 12.4. The number of nitrogens with zero attached hydrogens (tertiary/aromatic N) is 1. The summed E-state index contributed by atoms with van der Waals surface area (Å²) in [5.41, 5.74) is -0.673. The summed E-state index contributed by atoms with van der Waals surface area (Å²) in [6.45, 7) is 4.38. The number of carbonyl (C=O) groups excluding carboxylic acids is 2. The van der Waals surface area contributed by atoms with E-state index >= 15 is 0 Å². The quantitative estimate of drug-likeness (QED) is 0.799. The standard InChI is InChI=1S/C20H27NO4S/c1-4-26-16-17(23)21(13-14-8-6-5-7-9-14)19(2)12-15(22)10-11-20(16,19)18(24)25-3/h5-9,15-16,22H,4,10-13H2,1-3H3/t15-,16-,19+,20+/m0/s1. The molecule has 0 radical (unpaired) electrons. The number of methoxy groups -OCH3 is 1. The summed E-state index contributed by atoms with van der Waals surface area (Å²) < 4.78 is 5.21. The Kier molecular flexibility index (Phi) is 5.35. The zero-order valence-electron chi connectivity index (χ0n) is 15.6. The van der Waals surface area contributed by atoms with Gasteiger partial charge >= 0.3 is 5.97 Å². The molecular formula is C20H27NO4S. The number of hydrogen-bond donors (Lipinski definition) is 1. The molecule has 1 aliphatic heterocycles. The molecule has 1 saturated heterocycles. The molecule has 0 unspecified atom stereocenters. The van der Waals surface area contributed by atoms with Crippen molar-refractivity contribution in [1.82, 2.24) is 4.90 Å². The topological polar surface area (TPSA) is 66.8 Å². The first-order valence-electron chi connectivity index (χ1n) is 9.14. The molecule has 1 aliphatic carbocycles. The predicted molar refractivity (Wildman–Crippen MR) is 102 cm³/mol. The Morgan fingerprint density at radius 3 is 2.69 bits per heavy atom. The van der Waals surface area contributed by atoms with Gasteiger partial charge in [0.25, 0.3) is 0 Å². The first kappa shape index (κ1) is 19.2. The average molecular weight is 378 g/mol. The summed E-state index contributed by atoms with van der Waals surface area (Å²) in [7, 11) is 1.39. The zero-order chi connectivity index (χ0) is 18.9. The largest absolute Gasteiger partial charge is 0.468 e. The summed E-state index contributed by atoms with van der Waals surface area (Å²) in [6.07, 6.45) is 0.847. The number of ether oxygens (including phenoxy) is 1. The maximum Gasteiger partial charge on any atom is 0.315 e. The Balaban J connectivity index is 2.10. The lowest BCUT2D eigenvalue weighted by molar-refractivity contribution is -0.165. The SMILES string of the molecule is CCS[C@H]1C(=O)N(Cc2ccccc2)[C@]2(C)C[C@@H](O)CC[C@]12C(=O)OC. The van der Waals surface area contributed by atoms with Crippen molar-refractivity contribution in [3.8, 4) is 0 Å². The van der Waals surface area contributed by atoms with E-state index in [0.29, 0.717) is 25.8 Å². The zero-order valence-corrected chi connectivity index (χ0v) is 16.4. The second kappa shape index (κ2) is 7.24. The van der Waals surface area contributed by atoms with Gasteiger partial charge in [-0.1, -0.05) is 37.3 Å². The molecule has 0 spiro atoms. The normalized spacial score (nSPS) is 33.8. The number of fused-ring (bicyclic) bond motifs is 1. The van der Waals surface area contributed by atoms with Crippen LogP contribution in [-0.2, 0) is 20.9 Å². The molecule has 142 valence electrons. The monoisotopic (exact) mass is 377 g/mol. The number of likely N-dealkylation sites (tertiary alicyclic amines) is 1. The van der Waals surface area contributed by atoms with Crippen LogP contribution in [0.4, 0.5) is 0 Å². The van der Waals surface area contributed by atoms with Crippen molar-refractivity contribution in [2.24, 2.45) is 5.41 Å². The molecule has 3 rings (SSSR count). The number of aliphatic hydroxyl groups is 1. The second-order valence-electron chi connectivity index (χ2n) is 7.38. The van der Waals surface area contributed by atoms with Crippen LogP contribution < -0.4 is 0 Å². The van der Waals surface area contributed by atoms with E-state index in [0.717, 1.165) is 11.3 Å². The molecule has 1 amide bonds. The van der Waals surface area contributed by atoms with Gasteiger partial charge in [-0.2, -0.15) is 0 Å². The molecule has 6 heteroatoms. The number of esters is 1. The number of aliphatic hydroxyl groups excluding tert-OH is 1. The van der Waals surface area contributed by atoms with E-state index in [2.05, 4.69) is 0 Å². The lowest BCUT2D eigenvalue weighted by atomic mass is 9.61. The lowest BCUT2D eigenvalue weighted by Crippen LogP contribution is -2.61. The highest BCUT2D eigenvalue weighted by Crippen LogP contribution is 2.59. The molecule has 1 aromatic carbocycles. The molecule has 1 aromatic rings. The van der Waals surface area contributed by atoms with Gasteiger partial charge in [-0.05, 0) is 37.5 Å². The first-order valence-corrected chi connectivity index (χ1v) is 10.2. The van der Waals surface area contributed by atoms with E-state index in [-0.39, 0.29) is 11.9 Å². The fourth-order valence-electron chi connectivity index (χ4n) is 4.78. The molecule has 1 N–H and O–H groups in total. The maximum atomic E-state index is 13.4. The Labute approximate surface area is 159 Å². The van der Waals surface area contributed by atoms with Gasteiger partial charge in [0.15, 0.2) is 0 Å². The highest BCUT2D eigenvalue weighted by atomic mass is 32.2. The highest BCUT2D eigenvalue weighted by Gasteiger charge is 2.71. The van der Waals surface area contributed by atoms with Crippen molar-refractivity contribution in [2.45, 2.75) is 56.5 Å². The Hall–Kier alpha value is -1.53. The van der Waals surface area contributed by atoms with Crippen LogP contribution in [0.1, 0.15) is 38.7 Å². The number of thioether (sulfide) groups is 1. The molecular weight excluding hydrogens is 350 g/mol. The smallest absolute Gasteiger partial charge is 0.315 e. The average Bonchev–Trinajstić information content (AvgIpc) is 2.81. The molecule has 0 bridgehead atoms. The van der Waals surface area contributed by atoms with Crippen molar-refractivity contribution in [2.75, 3.05) is 12.9 Å². The molecule has 4 atom stereocenters. The van der Waals surface area contributed by atoms with Crippen molar-refractivity contribution in [1.29, 1.82) is 0 Å². The van der Waals surface area contributed by atoms with Gasteiger partial charge in [-0.15, -0.1) is 11.8 Å². The van der Waals surface area contributed by atoms with Crippen LogP contribution in [0.3, 0.4) is 0 Å². The van der Waals surface area contributed by atoms with Gasteiger partial charge in [-0.25, -0.2) is 0 Å². The third kappa shape index (κ3) is 2.74. The fourth-order valence-corrected chi connectivity index (χ4v) is 6.13. The summed E-state index contributed by atoms with van der Waals surface area (Å²) in [5, 5.41) is 9.91. The number of benzene rings is 1. The van der Waals surface area contributed by atoms with E-state index in [4.69, 9.17) is 4.74 Å². The molecule has 1 saturated carbocycles. The third-order valence-corrected chi connectivity index (χ3v) is 7.34. The Morgan fingerprint density at radius 2 is 2.08 bits per heavy atom. The summed E-state index contributed by atoms with van der Waals surface area (Å²) >= 11 is 1.52. The molecule has 1 heterocycles. The van der Waals surface area contributed by atoms with Crippen LogP contribution in [0.2, 0.25) is 0 Å². The number of carbonyl (C=O) groups is 2. The van der Waals surface area contributed by atoms with E-state index in [9.17, 15) is 14.7 Å². The van der Waals surface area contributed by atoms with Crippen LogP contribution in [0.15, 0.2) is 30.3 Å². The minimum atomic E-state index is -0.923. The Bertz CT molecular complexity index is 682. The number of rotatable bonds is 5. The van der Waals surface area contributed by atoms with Crippen molar-refractivity contribution in [3.05, 3.63) is 35.9 Å². The third-order valence-electron chi connectivity index (χ3n) is 6.07. The van der Waals surface area contributed by atoms with Gasteiger partial charge in [0.1, 0.15) is 10.7 Å². The van der Waals surface area contributed by atoms with Crippen LogP contribution in [0, 0.1) is 5.41 Å². The van der Waals surface area contributed by atoms with Crippen molar-refractivity contribution < 1.29 is 19.4 Å². The van der Waals surface area contributed by atoms with Crippen LogP contribution >= 0.6 is 11.8 Å². The van der Waals surface area contributed by atoms with E-state index in [1.54, 1.807) is 0 Å². The van der Waals surface area contributed by atoms with E-state index in [1.165, 1.54) is 18.9 Å². The van der Waals surface area contributed by atoms with Gasteiger partial charge in [0.05, 0.1) is 18.8 Å². The number of hydrogen-bond acceptors (Lipinski definition) is 5. The van der Waals surface area contributed by atoms with Gasteiger partial charge in [0.2, 0.25) is 5.91 Å². The van der Waals surface area contributed by atoms with Gasteiger partial charge < -0.3 is 14.7 Å². The molecule has 2 fully saturated rings. The van der Waals surface area contributed by atoms with Crippen LogP contribution in [0.25, 0.3) is 0 Å². The molecule has 26 heavy (non-hydrogen) atoms. The minimum Gasteiger partial charge on any atom is -0.468 e. The van der Waals surface area contributed by atoms with Crippen LogP contribution in [0.5, 0.6) is 0 Å². The van der Waals surface area contributed by atoms with E-state index < -0.39 is 22.3 Å². The Morgan fingerprint density at radius 1 is 1.38 bits per heavy atom. The van der Waals surface area contributed by atoms with Gasteiger partial charge in [0, 0.05) is 6.54 Å². The minimum absolute atomic E-state index is 0.0253. The molecule has 0 aromatic heterocycles. The second-order valence-corrected chi connectivity index (χ2v) is 8.76. The van der Waals surface area contributed by atoms with Crippen molar-refractivity contribution in [3.63, 3.8) is 0 Å². The maximum absolute atomic E-state index is 13.4. The summed E-state index contributed by atoms with van der Waals surface area (Å²) in [4.78, 5) is 28.2. The summed E-state index contributed by atoms with van der Waals surface area (Å²) in [5.74, 6) is 0.386. The fraction of sp³-hybridized carbons (Fsp3) is 0.600. The molecule has 2 aliphatic rings. The van der Waals surface area contributed by atoms with E-state index in [1.807, 2.05) is 49.1 Å². The van der Waals surface area contributed by atoms with Crippen LogP contribution in [-0.4, -0.2) is 51.6 Å². The summed E-state index contributed by atoms with van der Waals surface area (Å²) in [6, 6.07) is 9.79. The highest BCUT2D eigenvalue weighted by molar-refractivity contribution is 8.00. The molecule has 5 nitrogen and oxygen atoms in total. The predicted octanol–water partition coefficient (Wildman–Crippen LogP) is 2.61. The van der Waals surface area contributed by atoms with Crippen molar-refractivity contribution >= 4 is 23.6 Å². The van der Waals surface area contributed by atoms with Gasteiger partial charge in [-0.3, -0.25) is 9.59 Å². The number of amides is 1.